The van der Waals surface area contributed by atoms with E-state index in [4.69, 9.17) is 9.47 Å². The molecular weight excluding hydrogens is 132 g/mol. The van der Waals surface area contributed by atoms with Gasteiger partial charge < -0.3 is 14.6 Å². The molecule has 0 saturated carbocycles. The number of methoxy groups -OCH3 is 1. The monoisotopic (exact) mass is 146 g/mol. The smallest absolute Gasteiger partial charge is 0.157 e. The Morgan fingerprint density at radius 1 is 1.50 bits per heavy atom. The van der Waals surface area contributed by atoms with E-state index in [1.165, 1.54) is 0 Å². The molecule has 0 spiro atoms. The maximum absolute atomic E-state index is 9.21. The molecule has 1 heterocycles. The standard InChI is InChI=1S/C7H14O3/c1-5-6(8)3-4-7(9-2)10-5/h5-8H,3-4H2,1-2H3/t5-,6-,7?/m0/s1. The Morgan fingerprint density at radius 3 is 2.70 bits per heavy atom. The summed E-state index contributed by atoms with van der Waals surface area (Å²) in [5, 5.41) is 9.21. The molecule has 1 rings (SSSR count). The molecule has 3 heteroatoms. The van der Waals surface area contributed by atoms with E-state index >= 15 is 0 Å². The third-order valence-electron chi connectivity index (χ3n) is 1.87. The minimum Gasteiger partial charge on any atom is -0.390 e. The second-order valence-corrected chi connectivity index (χ2v) is 2.65. The highest BCUT2D eigenvalue weighted by Gasteiger charge is 2.25. The molecule has 0 bridgehead atoms. The molecule has 0 aliphatic carbocycles. The molecule has 0 aromatic heterocycles. The van der Waals surface area contributed by atoms with Crippen molar-refractivity contribution >= 4 is 0 Å². The van der Waals surface area contributed by atoms with Crippen LogP contribution in [0.1, 0.15) is 19.8 Å². The van der Waals surface area contributed by atoms with E-state index < -0.39 is 0 Å². The minimum atomic E-state index is -0.314. The van der Waals surface area contributed by atoms with E-state index in [0.29, 0.717) is 0 Å². The number of aliphatic hydroxyl groups is 1. The molecule has 3 nitrogen and oxygen atoms in total. The molecule has 1 aliphatic heterocycles. The predicted molar refractivity (Wildman–Crippen MR) is 36.6 cm³/mol. The number of rotatable bonds is 1. The minimum absolute atomic E-state index is 0.0845. The summed E-state index contributed by atoms with van der Waals surface area (Å²) >= 11 is 0. The van der Waals surface area contributed by atoms with Crippen molar-refractivity contribution in [2.45, 2.75) is 38.3 Å². The van der Waals surface area contributed by atoms with Gasteiger partial charge in [-0.2, -0.15) is 0 Å². The Hall–Kier alpha value is -0.120. The molecule has 60 valence electrons. The van der Waals surface area contributed by atoms with Crippen LogP contribution in [0, 0.1) is 0 Å². The number of hydrogen-bond donors (Lipinski definition) is 1. The zero-order chi connectivity index (χ0) is 7.56. The number of hydrogen-bond acceptors (Lipinski definition) is 3. The Balaban J connectivity index is 2.33. The van der Waals surface area contributed by atoms with Crippen molar-refractivity contribution in [1.82, 2.24) is 0 Å². The highest BCUT2D eigenvalue weighted by molar-refractivity contribution is 4.70. The van der Waals surface area contributed by atoms with Gasteiger partial charge in [0.2, 0.25) is 0 Å². The van der Waals surface area contributed by atoms with E-state index in [1.54, 1.807) is 7.11 Å². The van der Waals surface area contributed by atoms with E-state index in [-0.39, 0.29) is 18.5 Å². The molecule has 3 atom stereocenters. The fraction of sp³-hybridized carbons (Fsp3) is 1.00. The quantitative estimate of drug-likeness (QED) is 0.586. The molecule has 0 amide bonds. The summed E-state index contributed by atoms with van der Waals surface area (Å²) in [6.45, 7) is 1.86. The summed E-state index contributed by atoms with van der Waals surface area (Å²) in [5.74, 6) is 0. The largest absolute Gasteiger partial charge is 0.390 e. The Bertz CT molecular complexity index is 105. The van der Waals surface area contributed by atoms with Crippen LogP contribution in [0.15, 0.2) is 0 Å². The lowest BCUT2D eigenvalue weighted by Gasteiger charge is -2.30. The van der Waals surface area contributed by atoms with Crippen LogP contribution in [0.5, 0.6) is 0 Å². The highest BCUT2D eigenvalue weighted by atomic mass is 16.7. The molecule has 0 radical (unpaired) electrons. The lowest BCUT2D eigenvalue weighted by molar-refractivity contribution is -0.206. The van der Waals surface area contributed by atoms with Gasteiger partial charge in [0.25, 0.3) is 0 Å². The van der Waals surface area contributed by atoms with Gasteiger partial charge in [0.05, 0.1) is 12.2 Å². The second kappa shape index (κ2) is 3.32. The van der Waals surface area contributed by atoms with Crippen LogP contribution >= 0.6 is 0 Å². The maximum Gasteiger partial charge on any atom is 0.157 e. The van der Waals surface area contributed by atoms with Crippen molar-refractivity contribution in [1.29, 1.82) is 0 Å². The maximum atomic E-state index is 9.21. The van der Waals surface area contributed by atoms with Crippen LogP contribution in [-0.4, -0.2) is 30.7 Å². The van der Waals surface area contributed by atoms with Crippen molar-refractivity contribution in [3.63, 3.8) is 0 Å². The lowest BCUT2D eigenvalue weighted by atomic mass is 10.1. The van der Waals surface area contributed by atoms with Crippen molar-refractivity contribution in [2.24, 2.45) is 0 Å². The number of ether oxygens (including phenoxy) is 2. The van der Waals surface area contributed by atoms with Crippen LogP contribution in [0.2, 0.25) is 0 Å². The van der Waals surface area contributed by atoms with Crippen molar-refractivity contribution in [3.8, 4) is 0 Å². The molecule has 1 aliphatic rings. The summed E-state index contributed by atoms with van der Waals surface area (Å²) in [4.78, 5) is 0. The summed E-state index contributed by atoms with van der Waals surface area (Å²) in [6.07, 6.45) is 1.06. The predicted octanol–water partition coefficient (Wildman–Crippen LogP) is 0.519. The third kappa shape index (κ3) is 1.68. The van der Waals surface area contributed by atoms with Crippen LogP contribution in [0.4, 0.5) is 0 Å². The van der Waals surface area contributed by atoms with Gasteiger partial charge in [-0.05, 0) is 13.3 Å². The van der Waals surface area contributed by atoms with Gasteiger partial charge >= 0.3 is 0 Å². The van der Waals surface area contributed by atoms with Gasteiger partial charge in [-0.1, -0.05) is 0 Å². The van der Waals surface area contributed by atoms with Crippen LogP contribution in [0.25, 0.3) is 0 Å². The first-order valence-electron chi connectivity index (χ1n) is 3.60. The normalized spacial score (nSPS) is 41.7. The molecule has 1 N–H and O–H groups in total. The topological polar surface area (TPSA) is 38.7 Å². The summed E-state index contributed by atoms with van der Waals surface area (Å²) in [7, 11) is 1.62. The van der Waals surface area contributed by atoms with Crippen molar-refractivity contribution < 1.29 is 14.6 Å². The first kappa shape index (κ1) is 7.98. The van der Waals surface area contributed by atoms with E-state index in [2.05, 4.69) is 0 Å². The zero-order valence-corrected chi connectivity index (χ0v) is 6.41. The average molecular weight is 146 g/mol. The van der Waals surface area contributed by atoms with E-state index in [0.717, 1.165) is 12.8 Å². The van der Waals surface area contributed by atoms with Gasteiger partial charge in [-0.25, -0.2) is 0 Å². The summed E-state index contributed by atoms with van der Waals surface area (Å²) in [6, 6.07) is 0. The van der Waals surface area contributed by atoms with Gasteiger partial charge in [0.1, 0.15) is 0 Å². The Morgan fingerprint density at radius 2 is 2.20 bits per heavy atom. The fourth-order valence-electron chi connectivity index (χ4n) is 1.11. The molecule has 0 aromatic carbocycles. The molecule has 0 aromatic rings. The first-order chi connectivity index (χ1) is 4.74. The van der Waals surface area contributed by atoms with Gasteiger partial charge in [0.15, 0.2) is 6.29 Å². The number of aliphatic hydroxyl groups excluding tert-OH is 1. The van der Waals surface area contributed by atoms with E-state index in [9.17, 15) is 5.11 Å². The van der Waals surface area contributed by atoms with Crippen molar-refractivity contribution in [3.05, 3.63) is 0 Å². The van der Waals surface area contributed by atoms with Gasteiger partial charge in [-0.15, -0.1) is 0 Å². The van der Waals surface area contributed by atoms with Crippen LogP contribution in [-0.2, 0) is 9.47 Å². The summed E-state index contributed by atoms with van der Waals surface area (Å²) < 4.78 is 10.3. The third-order valence-corrected chi connectivity index (χ3v) is 1.87. The first-order valence-corrected chi connectivity index (χ1v) is 3.60. The fourth-order valence-corrected chi connectivity index (χ4v) is 1.11. The molecule has 1 saturated heterocycles. The van der Waals surface area contributed by atoms with Crippen LogP contribution in [0.3, 0.4) is 0 Å². The zero-order valence-electron chi connectivity index (χ0n) is 6.41. The summed E-state index contributed by atoms with van der Waals surface area (Å²) in [5.41, 5.74) is 0. The average Bonchev–Trinajstić information content (AvgIpc) is 1.95. The van der Waals surface area contributed by atoms with E-state index in [1.807, 2.05) is 6.92 Å². The Kier molecular flexibility index (Phi) is 2.65. The molecular formula is C7H14O3. The lowest BCUT2D eigenvalue weighted by Crippen LogP contribution is -2.37. The van der Waals surface area contributed by atoms with Crippen LogP contribution < -0.4 is 0 Å². The van der Waals surface area contributed by atoms with Gasteiger partial charge in [0, 0.05) is 13.5 Å². The molecule has 1 fully saturated rings. The van der Waals surface area contributed by atoms with Crippen molar-refractivity contribution in [2.75, 3.05) is 7.11 Å². The highest BCUT2D eigenvalue weighted by Crippen LogP contribution is 2.19. The molecule has 10 heavy (non-hydrogen) atoms. The second-order valence-electron chi connectivity index (χ2n) is 2.65. The SMILES string of the molecule is COC1CC[C@H](O)[C@H](C)O1. The molecule has 1 unspecified atom stereocenters. The van der Waals surface area contributed by atoms with Gasteiger partial charge in [-0.3, -0.25) is 0 Å². The Labute approximate surface area is 60.9 Å².